The molecule has 7 heteroatoms. The molecule has 16 heavy (non-hydrogen) atoms. The van der Waals surface area contributed by atoms with Crippen molar-refractivity contribution < 1.29 is 8.42 Å². The highest BCUT2D eigenvalue weighted by Gasteiger charge is 2.21. The van der Waals surface area contributed by atoms with Gasteiger partial charge in [0.15, 0.2) is 5.13 Å². The number of rotatable bonds is 5. The van der Waals surface area contributed by atoms with Gasteiger partial charge in [0.2, 0.25) is 10.0 Å². The number of aryl methyl sites for hydroxylation is 2. The molecule has 0 saturated heterocycles. The molecule has 0 spiro atoms. The van der Waals surface area contributed by atoms with Gasteiger partial charge in [-0.25, -0.2) is 13.4 Å². The fraction of sp³-hybridized carbons (Fsp3) is 0.667. The molecule has 1 heterocycles. The lowest BCUT2D eigenvalue weighted by Crippen LogP contribution is -2.33. The molecule has 2 N–H and O–H groups in total. The van der Waals surface area contributed by atoms with Gasteiger partial charge in [0, 0.05) is 11.4 Å². The van der Waals surface area contributed by atoms with Crippen LogP contribution in [0.3, 0.4) is 0 Å². The lowest BCUT2D eigenvalue weighted by molar-refractivity contribution is 0.583. The highest BCUT2D eigenvalue weighted by atomic mass is 32.2. The first-order valence-corrected chi connectivity index (χ1v) is 7.33. The third kappa shape index (κ3) is 3.16. The number of hydrogen-bond acceptors (Lipinski definition) is 5. The van der Waals surface area contributed by atoms with Crippen molar-refractivity contribution >= 4 is 26.5 Å². The molecule has 1 atom stereocenters. The molecule has 0 aromatic carbocycles. The minimum atomic E-state index is -3.34. The minimum Gasteiger partial charge on any atom is -0.318 e. The van der Waals surface area contributed by atoms with Gasteiger partial charge in [-0.1, -0.05) is 0 Å². The molecule has 5 nitrogen and oxygen atoms in total. The van der Waals surface area contributed by atoms with Crippen LogP contribution in [0.25, 0.3) is 0 Å². The van der Waals surface area contributed by atoms with Crippen LogP contribution >= 0.6 is 11.3 Å². The summed E-state index contributed by atoms with van der Waals surface area (Å²) in [5, 5.41) is 2.80. The second kappa shape index (κ2) is 5.11. The Labute approximate surface area is 100 Å². The third-order valence-corrected chi connectivity index (χ3v) is 5.10. The molecule has 1 unspecified atom stereocenters. The monoisotopic (exact) mass is 263 g/mol. The number of sulfonamides is 1. The van der Waals surface area contributed by atoms with E-state index in [-0.39, 0.29) is 0 Å². The molecule has 0 fully saturated rings. The normalized spacial score (nSPS) is 13.8. The van der Waals surface area contributed by atoms with Gasteiger partial charge >= 0.3 is 0 Å². The maximum Gasteiger partial charge on any atom is 0.238 e. The van der Waals surface area contributed by atoms with E-state index in [0.29, 0.717) is 11.7 Å². The second-order valence-corrected chi connectivity index (χ2v) is 6.98. The molecule has 92 valence electrons. The Morgan fingerprint density at radius 1 is 1.44 bits per heavy atom. The van der Waals surface area contributed by atoms with E-state index in [2.05, 4.69) is 15.0 Å². The number of thiazole rings is 1. The van der Waals surface area contributed by atoms with Gasteiger partial charge < -0.3 is 5.32 Å². The van der Waals surface area contributed by atoms with Crippen molar-refractivity contribution in [2.24, 2.45) is 0 Å². The molecule has 0 aliphatic rings. The highest BCUT2D eigenvalue weighted by molar-refractivity contribution is 7.93. The SMILES string of the molecule is CNCC(C)S(=O)(=O)Nc1nc(C)c(C)s1. The lowest BCUT2D eigenvalue weighted by Gasteiger charge is -2.12. The van der Waals surface area contributed by atoms with E-state index >= 15 is 0 Å². The summed E-state index contributed by atoms with van der Waals surface area (Å²) in [5.74, 6) is 0. The molecule has 0 saturated carbocycles. The van der Waals surface area contributed by atoms with Crippen molar-refractivity contribution in [3.63, 3.8) is 0 Å². The Bertz CT molecular complexity index is 434. The minimum absolute atomic E-state index is 0.415. The zero-order chi connectivity index (χ0) is 12.3. The summed E-state index contributed by atoms with van der Waals surface area (Å²) in [6, 6.07) is 0. The van der Waals surface area contributed by atoms with Gasteiger partial charge in [-0.2, -0.15) is 0 Å². The highest BCUT2D eigenvalue weighted by Crippen LogP contribution is 2.22. The van der Waals surface area contributed by atoms with Crippen LogP contribution in [-0.2, 0) is 10.0 Å². The summed E-state index contributed by atoms with van der Waals surface area (Å²) in [7, 11) is -1.62. The summed E-state index contributed by atoms with van der Waals surface area (Å²) >= 11 is 1.35. The summed E-state index contributed by atoms with van der Waals surface area (Å²) in [6.07, 6.45) is 0. The topological polar surface area (TPSA) is 71.1 Å². The van der Waals surface area contributed by atoms with E-state index in [0.717, 1.165) is 10.6 Å². The second-order valence-electron chi connectivity index (χ2n) is 3.68. The molecule has 0 aliphatic carbocycles. The van der Waals surface area contributed by atoms with Crippen molar-refractivity contribution in [2.75, 3.05) is 18.3 Å². The van der Waals surface area contributed by atoms with Crippen LogP contribution in [0.5, 0.6) is 0 Å². The van der Waals surface area contributed by atoms with Crippen molar-refractivity contribution in [1.29, 1.82) is 0 Å². The molecule has 1 aromatic heterocycles. The molecule has 0 bridgehead atoms. The molecule has 0 radical (unpaired) electrons. The Morgan fingerprint density at radius 2 is 2.06 bits per heavy atom. The largest absolute Gasteiger partial charge is 0.318 e. The summed E-state index contributed by atoms with van der Waals surface area (Å²) in [6.45, 7) is 5.85. The van der Waals surface area contributed by atoms with Gasteiger partial charge in [-0.3, -0.25) is 4.72 Å². The quantitative estimate of drug-likeness (QED) is 0.835. The van der Waals surface area contributed by atoms with Crippen molar-refractivity contribution in [2.45, 2.75) is 26.0 Å². The molecular formula is C9H17N3O2S2. The maximum absolute atomic E-state index is 11.8. The summed E-state index contributed by atoms with van der Waals surface area (Å²) in [5.41, 5.74) is 0.865. The Morgan fingerprint density at radius 3 is 2.50 bits per heavy atom. The van der Waals surface area contributed by atoms with E-state index in [1.54, 1.807) is 14.0 Å². The fourth-order valence-electron chi connectivity index (χ4n) is 1.14. The third-order valence-electron chi connectivity index (χ3n) is 2.28. The number of anilines is 1. The summed E-state index contributed by atoms with van der Waals surface area (Å²) in [4.78, 5) is 5.17. The number of aromatic nitrogens is 1. The van der Waals surface area contributed by atoms with Crippen LogP contribution in [0.15, 0.2) is 0 Å². The van der Waals surface area contributed by atoms with Crippen LogP contribution in [0.4, 0.5) is 5.13 Å². The number of nitrogens with one attached hydrogen (secondary N) is 2. The van der Waals surface area contributed by atoms with Gasteiger partial charge in [0.25, 0.3) is 0 Å². The zero-order valence-electron chi connectivity index (χ0n) is 9.86. The number of nitrogens with zero attached hydrogens (tertiary/aromatic N) is 1. The van der Waals surface area contributed by atoms with Crippen LogP contribution in [0.1, 0.15) is 17.5 Å². The van der Waals surface area contributed by atoms with Crippen molar-refractivity contribution in [3.05, 3.63) is 10.6 Å². The molecule has 0 aliphatic heterocycles. The van der Waals surface area contributed by atoms with Gasteiger partial charge in [-0.05, 0) is 27.8 Å². The van der Waals surface area contributed by atoms with Gasteiger partial charge in [0.05, 0.1) is 10.9 Å². The average Bonchev–Trinajstić information content (AvgIpc) is 2.45. The van der Waals surface area contributed by atoms with E-state index < -0.39 is 15.3 Å². The van der Waals surface area contributed by atoms with E-state index in [9.17, 15) is 8.42 Å². The van der Waals surface area contributed by atoms with Crippen LogP contribution < -0.4 is 10.0 Å². The van der Waals surface area contributed by atoms with Crippen molar-refractivity contribution in [3.8, 4) is 0 Å². The van der Waals surface area contributed by atoms with Crippen LogP contribution in [0.2, 0.25) is 0 Å². The van der Waals surface area contributed by atoms with E-state index in [1.165, 1.54) is 11.3 Å². The lowest BCUT2D eigenvalue weighted by atomic mass is 10.4. The first-order chi connectivity index (χ1) is 7.36. The van der Waals surface area contributed by atoms with Crippen molar-refractivity contribution in [1.82, 2.24) is 10.3 Å². The Kier molecular flexibility index (Phi) is 4.28. The predicted octanol–water partition coefficient (Wildman–Crippen LogP) is 1.11. The fourth-order valence-corrected chi connectivity index (χ4v) is 3.19. The molecule has 0 amide bonds. The van der Waals surface area contributed by atoms with Crippen LogP contribution in [-0.4, -0.2) is 32.2 Å². The molecule has 1 aromatic rings. The smallest absolute Gasteiger partial charge is 0.238 e. The standard InChI is InChI=1S/C9H17N3O2S2/c1-6(5-10-4)16(13,14)12-9-11-7(2)8(3)15-9/h6,10H,5H2,1-4H3,(H,11,12). The Hall–Kier alpha value is -0.660. The van der Waals surface area contributed by atoms with Crippen LogP contribution in [0, 0.1) is 13.8 Å². The van der Waals surface area contributed by atoms with E-state index in [4.69, 9.17) is 0 Å². The maximum atomic E-state index is 11.8. The predicted molar refractivity (Wildman–Crippen MR) is 67.5 cm³/mol. The average molecular weight is 263 g/mol. The van der Waals surface area contributed by atoms with Gasteiger partial charge in [0.1, 0.15) is 0 Å². The zero-order valence-corrected chi connectivity index (χ0v) is 11.5. The summed E-state index contributed by atoms with van der Waals surface area (Å²) < 4.78 is 26.2. The van der Waals surface area contributed by atoms with Gasteiger partial charge in [-0.15, -0.1) is 11.3 Å². The first kappa shape index (κ1) is 13.4. The Balaban J connectivity index is 2.80. The number of hydrogen-bond donors (Lipinski definition) is 2. The molecule has 1 rings (SSSR count). The molecular weight excluding hydrogens is 246 g/mol. The first-order valence-electron chi connectivity index (χ1n) is 4.97. The van der Waals surface area contributed by atoms with E-state index in [1.807, 2.05) is 13.8 Å².